The minimum Gasteiger partial charge on any atom is -0.337 e. The van der Waals surface area contributed by atoms with Gasteiger partial charge in [0.25, 0.3) is 5.91 Å². The van der Waals surface area contributed by atoms with E-state index in [9.17, 15) is 4.79 Å². The number of halogens is 1. The molecule has 1 amide bonds. The number of hydrogen-bond donors (Lipinski definition) is 1. The third kappa shape index (κ3) is 3.12. The van der Waals surface area contributed by atoms with Gasteiger partial charge in [0.2, 0.25) is 0 Å². The average molecular weight is 301 g/mol. The van der Waals surface area contributed by atoms with Gasteiger partial charge < -0.3 is 10.2 Å². The molecule has 3 rings (SSSR count). The van der Waals surface area contributed by atoms with Crippen molar-refractivity contribution >= 4 is 29.7 Å². The van der Waals surface area contributed by atoms with E-state index in [4.69, 9.17) is 0 Å². The fourth-order valence-electron chi connectivity index (χ4n) is 2.89. The van der Waals surface area contributed by atoms with Gasteiger partial charge >= 0.3 is 0 Å². The van der Waals surface area contributed by atoms with E-state index in [1.807, 2.05) is 4.90 Å². The molecule has 3 nitrogen and oxygen atoms in total. The molecule has 0 bridgehead atoms. The summed E-state index contributed by atoms with van der Waals surface area (Å²) in [6.07, 6.45) is 5.87. The van der Waals surface area contributed by atoms with Gasteiger partial charge in [-0.25, -0.2) is 0 Å². The predicted octanol–water partition coefficient (Wildman–Crippen LogP) is 2.48. The number of carbonyl (C=O) groups excluding carboxylic acids is 1. The molecule has 0 spiro atoms. The van der Waals surface area contributed by atoms with Gasteiger partial charge in [-0.15, -0.1) is 23.7 Å². The van der Waals surface area contributed by atoms with Crippen LogP contribution < -0.4 is 5.32 Å². The highest BCUT2D eigenvalue weighted by atomic mass is 35.5. The molecule has 1 aliphatic carbocycles. The van der Waals surface area contributed by atoms with Gasteiger partial charge in [-0.2, -0.15) is 0 Å². The summed E-state index contributed by atoms with van der Waals surface area (Å²) in [7, 11) is 0. The zero-order valence-corrected chi connectivity index (χ0v) is 12.7. The van der Waals surface area contributed by atoms with Crippen LogP contribution in [0, 0.1) is 0 Å². The van der Waals surface area contributed by atoms with Crippen LogP contribution in [-0.4, -0.2) is 37.0 Å². The molecule has 1 aromatic rings. The predicted molar refractivity (Wildman–Crippen MR) is 81.6 cm³/mol. The SMILES string of the molecule is Cl.O=C(c1csc2c1CCCC2)N1CCCNCC1. The summed E-state index contributed by atoms with van der Waals surface area (Å²) in [6, 6.07) is 0. The Morgan fingerprint density at radius 2 is 2.00 bits per heavy atom. The standard InChI is InChI=1S/C14H20N2OS.ClH/c17-14(16-8-3-6-15-7-9-16)12-10-18-13-5-2-1-4-11(12)13;/h10,15H,1-9H2;1H. The number of hydrogen-bond acceptors (Lipinski definition) is 3. The highest BCUT2D eigenvalue weighted by molar-refractivity contribution is 7.10. The Labute approximate surface area is 124 Å². The van der Waals surface area contributed by atoms with Crippen LogP contribution in [-0.2, 0) is 12.8 Å². The van der Waals surface area contributed by atoms with Crippen LogP contribution in [0.4, 0.5) is 0 Å². The Morgan fingerprint density at radius 3 is 2.89 bits per heavy atom. The van der Waals surface area contributed by atoms with Crippen molar-refractivity contribution in [3.63, 3.8) is 0 Å². The van der Waals surface area contributed by atoms with Gasteiger partial charge in [0.15, 0.2) is 0 Å². The highest BCUT2D eigenvalue weighted by Crippen LogP contribution is 2.31. The van der Waals surface area contributed by atoms with Crippen LogP contribution in [0.5, 0.6) is 0 Å². The van der Waals surface area contributed by atoms with Crippen LogP contribution in [0.25, 0.3) is 0 Å². The van der Waals surface area contributed by atoms with Crippen molar-refractivity contribution < 1.29 is 4.79 Å². The Bertz CT molecular complexity index is 439. The molecule has 0 unspecified atom stereocenters. The smallest absolute Gasteiger partial charge is 0.255 e. The lowest BCUT2D eigenvalue weighted by Crippen LogP contribution is -2.34. The number of rotatable bonds is 1. The van der Waals surface area contributed by atoms with E-state index in [0.717, 1.165) is 44.6 Å². The fraction of sp³-hybridized carbons (Fsp3) is 0.643. The zero-order valence-electron chi connectivity index (χ0n) is 11.1. The van der Waals surface area contributed by atoms with Crippen molar-refractivity contribution in [2.24, 2.45) is 0 Å². The number of nitrogens with zero attached hydrogens (tertiary/aromatic N) is 1. The molecular formula is C14H21ClN2OS. The molecule has 0 aromatic carbocycles. The first-order chi connectivity index (χ1) is 8.86. The molecule has 5 heteroatoms. The summed E-state index contributed by atoms with van der Waals surface area (Å²) < 4.78 is 0. The second-order valence-electron chi connectivity index (χ2n) is 5.15. The summed E-state index contributed by atoms with van der Waals surface area (Å²) in [5.41, 5.74) is 2.35. The molecule has 0 radical (unpaired) electrons. The van der Waals surface area contributed by atoms with Crippen LogP contribution in [0.1, 0.15) is 40.1 Å². The molecule has 1 saturated heterocycles. The van der Waals surface area contributed by atoms with Gasteiger partial charge in [-0.05, 0) is 44.2 Å². The van der Waals surface area contributed by atoms with Gasteiger partial charge in [0.1, 0.15) is 0 Å². The first kappa shape index (κ1) is 14.8. The maximum atomic E-state index is 12.6. The molecule has 2 aliphatic rings. The molecule has 19 heavy (non-hydrogen) atoms. The molecule has 2 heterocycles. The van der Waals surface area contributed by atoms with E-state index in [0.29, 0.717) is 0 Å². The second-order valence-corrected chi connectivity index (χ2v) is 6.12. The fourth-order valence-corrected chi connectivity index (χ4v) is 4.01. The second kappa shape index (κ2) is 6.73. The molecule has 1 N–H and O–H groups in total. The van der Waals surface area contributed by atoms with Gasteiger partial charge in [-0.1, -0.05) is 0 Å². The topological polar surface area (TPSA) is 32.3 Å². The van der Waals surface area contributed by atoms with Crippen molar-refractivity contribution in [3.8, 4) is 0 Å². The van der Waals surface area contributed by atoms with Crippen molar-refractivity contribution in [3.05, 3.63) is 21.4 Å². The number of fused-ring (bicyclic) bond motifs is 1. The molecule has 1 aliphatic heterocycles. The van der Waals surface area contributed by atoms with Crippen molar-refractivity contribution in [1.82, 2.24) is 10.2 Å². The zero-order chi connectivity index (χ0) is 12.4. The summed E-state index contributed by atoms with van der Waals surface area (Å²) in [6.45, 7) is 3.71. The monoisotopic (exact) mass is 300 g/mol. The first-order valence-electron chi connectivity index (χ1n) is 6.95. The number of carbonyl (C=O) groups is 1. The maximum absolute atomic E-state index is 12.6. The summed E-state index contributed by atoms with van der Waals surface area (Å²) >= 11 is 1.79. The molecule has 106 valence electrons. The number of thiophene rings is 1. The lowest BCUT2D eigenvalue weighted by atomic mass is 9.95. The van der Waals surface area contributed by atoms with E-state index >= 15 is 0 Å². The lowest BCUT2D eigenvalue weighted by Gasteiger charge is -2.21. The largest absolute Gasteiger partial charge is 0.337 e. The Kier molecular flexibility index (Phi) is 5.25. The van der Waals surface area contributed by atoms with Crippen LogP contribution in [0.3, 0.4) is 0 Å². The quantitative estimate of drug-likeness (QED) is 0.864. The van der Waals surface area contributed by atoms with Gasteiger partial charge in [-0.3, -0.25) is 4.79 Å². The third-order valence-corrected chi connectivity index (χ3v) is 5.01. The normalized spacial score (nSPS) is 19.3. The van der Waals surface area contributed by atoms with Crippen molar-refractivity contribution in [2.45, 2.75) is 32.1 Å². The number of aryl methyl sites for hydroxylation is 1. The van der Waals surface area contributed by atoms with Crippen LogP contribution >= 0.6 is 23.7 Å². The maximum Gasteiger partial charge on any atom is 0.255 e. The average Bonchev–Trinajstić information content (AvgIpc) is 2.65. The summed E-state index contributed by atoms with van der Waals surface area (Å²) in [5.74, 6) is 0.262. The molecule has 1 aromatic heterocycles. The van der Waals surface area contributed by atoms with E-state index in [1.165, 1.54) is 29.7 Å². The first-order valence-corrected chi connectivity index (χ1v) is 7.83. The number of amides is 1. The summed E-state index contributed by atoms with van der Waals surface area (Å²) in [5, 5.41) is 5.44. The highest BCUT2D eigenvalue weighted by Gasteiger charge is 2.24. The van der Waals surface area contributed by atoms with Crippen molar-refractivity contribution in [2.75, 3.05) is 26.2 Å². The molecule has 0 saturated carbocycles. The van der Waals surface area contributed by atoms with E-state index in [1.54, 1.807) is 11.3 Å². The third-order valence-electron chi connectivity index (χ3n) is 3.92. The van der Waals surface area contributed by atoms with Gasteiger partial charge in [0, 0.05) is 29.9 Å². The summed E-state index contributed by atoms with van der Waals surface area (Å²) in [4.78, 5) is 16.1. The van der Waals surface area contributed by atoms with E-state index in [2.05, 4.69) is 10.7 Å². The Hall–Kier alpha value is -0.580. The van der Waals surface area contributed by atoms with Gasteiger partial charge in [0.05, 0.1) is 5.56 Å². The molecule has 0 atom stereocenters. The number of nitrogens with one attached hydrogen (secondary N) is 1. The van der Waals surface area contributed by atoms with Crippen molar-refractivity contribution in [1.29, 1.82) is 0 Å². The molecular weight excluding hydrogens is 280 g/mol. The van der Waals surface area contributed by atoms with E-state index in [-0.39, 0.29) is 18.3 Å². The van der Waals surface area contributed by atoms with Crippen LogP contribution in [0.15, 0.2) is 5.38 Å². The molecule has 1 fully saturated rings. The van der Waals surface area contributed by atoms with Crippen LogP contribution in [0.2, 0.25) is 0 Å². The minimum absolute atomic E-state index is 0. The lowest BCUT2D eigenvalue weighted by molar-refractivity contribution is 0.0765. The van der Waals surface area contributed by atoms with E-state index < -0.39 is 0 Å². The Morgan fingerprint density at radius 1 is 1.16 bits per heavy atom. The minimum atomic E-state index is 0. The Balaban J connectivity index is 0.00000133.